The molecule has 1 aromatic rings. The fraction of sp³-hybridized carbons (Fsp3) is 0.474. The number of aliphatic imine (C=N–C) groups is 1. The summed E-state index contributed by atoms with van der Waals surface area (Å²) in [6.45, 7) is 4.03. The molecule has 9 heteroatoms. The molecule has 150 valence electrons. The SMILES string of the molecule is CCOC(=O)[C@H]1C(=O)NC(N2CCN(C=O)CC2)=N[C@@H]1c1ccccc1OC. The van der Waals surface area contributed by atoms with Crippen LogP contribution in [0.3, 0.4) is 0 Å². The van der Waals surface area contributed by atoms with E-state index in [4.69, 9.17) is 14.5 Å². The van der Waals surface area contributed by atoms with E-state index in [1.807, 2.05) is 17.0 Å². The number of guanidine groups is 1. The standard InChI is InChI=1S/C19H24N4O5/c1-3-28-18(26)15-16(13-6-4-5-7-14(13)27-2)20-19(21-17(15)25)23-10-8-22(12-24)9-11-23/h4-7,12,15-16H,3,8-11H2,1-2H3,(H,20,21,25)/t15-,16-/m1/s1. The molecule has 0 aliphatic carbocycles. The third-order valence-corrected chi connectivity index (χ3v) is 4.86. The molecule has 9 nitrogen and oxygen atoms in total. The first kappa shape index (κ1) is 19.7. The molecule has 0 bridgehead atoms. The Kier molecular flexibility index (Phi) is 6.13. The Balaban J connectivity index is 1.96. The van der Waals surface area contributed by atoms with Gasteiger partial charge in [0.15, 0.2) is 5.92 Å². The number of hydrogen-bond donors (Lipinski definition) is 1. The van der Waals surface area contributed by atoms with Crippen LogP contribution in [0.1, 0.15) is 18.5 Å². The van der Waals surface area contributed by atoms with Crippen molar-refractivity contribution in [2.45, 2.75) is 13.0 Å². The first-order valence-electron chi connectivity index (χ1n) is 9.21. The van der Waals surface area contributed by atoms with E-state index in [0.29, 0.717) is 43.5 Å². The van der Waals surface area contributed by atoms with Crippen LogP contribution >= 0.6 is 0 Å². The molecule has 0 radical (unpaired) electrons. The van der Waals surface area contributed by atoms with Crippen molar-refractivity contribution < 1.29 is 23.9 Å². The van der Waals surface area contributed by atoms with E-state index < -0.39 is 23.8 Å². The number of para-hydroxylation sites is 1. The highest BCUT2D eigenvalue weighted by Gasteiger charge is 2.43. The van der Waals surface area contributed by atoms with Crippen LogP contribution < -0.4 is 10.1 Å². The van der Waals surface area contributed by atoms with Crippen LogP contribution in [0.5, 0.6) is 5.75 Å². The van der Waals surface area contributed by atoms with E-state index in [-0.39, 0.29) is 6.61 Å². The lowest BCUT2D eigenvalue weighted by Gasteiger charge is -2.37. The molecule has 2 aliphatic heterocycles. The second kappa shape index (κ2) is 8.73. The highest BCUT2D eigenvalue weighted by Crippen LogP contribution is 2.36. The molecule has 2 aliphatic rings. The Hall–Kier alpha value is -3.10. The lowest BCUT2D eigenvalue weighted by molar-refractivity contribution is -0.153. The van der Waals surface area contributed by atoms with Gasteiger partial charge in [0.1, 0.15) is 11.8 Å². The zero-order valence-corrected chi connectivity index (χ0v) is 16.0. The van der Waals surface area contributed by atoms with Crippen molar-refractivity contribution in [1.29, 1.82) is 0 Å². The molecule has 28 heavy (non-hydrogen) atoms. The number of carbonyl (C=O) groups is 3. The minimum atomic E-state index is -1.10. The minimum Gasteiger partial charge on any atom is -0.496 e. The first-order valence-corrected chi connectivity index (χ1v) is 9.21. The van der Waals surface area contributed by atoms with Crippen molar-refractivity contribution in [2.75, 3.05) is 39.9 Å². The molecule has 2 atom stereocenters. The van der Waals surface area contributed by atoms with Gasteiger partial charge in [-0.25, -0.2) is 4.99 Å². The Morgan fingerprint density at radius 1 is 1.29 bits per heavy atom. The summed E-state index contributed by atoms with van der Waals surface area (Å²) in [5.41, 5.74) is 0.641. The van der Waals surface area contributed by atoms with Crippen molar-refractivity contribution in [3.05, 3.63) is 29.8 Å². The predicted octanol–water partition coefficient (Wildman–Crippen LogP) is 0.175. The maximum Gasteiger partial charge on any atom is 0.321 e. The topological polar surface area (TPSA) is 101 Å². The Labute approximate surface area is 163 Å². The van der Waals surface area contributed by atoms with Gasteiger partial charge in [-0.2, -0.15) is 0 Å². The third kappa shape index (κ3) is 3.92. The molecule has 1 aromatic carbocycles. The average molecular weight is 388 g/mol. The van der Waals surface area contributed by atoms with Gasteiger partial charge < -0.3 is 19.3 Å². The molecule has 0 spiro atoms. The van der Waals surface area contributed by atoms with Crippen LogP contribution in [-0.4, -0.2) is 73.9 Å². The van der Waals surface area contributed by atoms with Gasteiger partial charge in [-0.05, 0) is 13.0 Å². The Morgan fingerprint density at radius 3 is 2.64 bits per heavy atom. The van der Waals surface area contributed by atoms with Crippen molar-refractivity contribution in [3.8, 4) is 5.75 Å². The normalized spacial score (nSPS) is 22.2. The van der Waals surface area contributed by atoms with Crippen LogP contribution in [0.4, 0.5) is 0 Å². The molecule has 0 saturated carbocycles. The number of nitrogens with one attached hydrogen (secondary N) is 1. The van der Waals surface area contributed by atoms with Crippen molar-refractivity contribution in [2.24, 2.45) is 10.9 Å². The zero-order valence-electron chi connectivity index (χ0n) is 16.0. The van der Waals surface area contributed by atoms with E-state index in [1.165, 1.54) is 7.11 Å². The summed E-state index contributed by atoms with van der Waals surface area (Å²) in [5.74, 6) is -1.24. The number of ether oxygens (including phenoxy) is 2. The maximum atomic E-state index is 12.8. The summed E-state index contributed by atoms with van der Waals surface area (Å²) in [6, 6.07) is 6.42. The number of methoxy groups -OCH3 is 1. The fourth-order valence-electron chi connectivity index (χ4n) is 3.40. The van der Waals surface area contributed by atoms with E-state index in [0.717, 1.165) is 6.41 Å². The van der Waals surface area contributed by atoms with E-state index in [2.05, 4.69) is 5.32 Å². The molecule has 1 fully saturated rings. The number of benzene rings is 1. The highest BCUT2D eigenvalue weighted by molar-refractivity contribution is 6.08. The van der Waals surface area contributed by atoms with E-state index >= 15 is 0 Å². The number of rotatable bonds is 5. The van der Waals surface area contributed by atoms with Crippen molar-refractivity contribution >= 4 is 24.2 Å². The lowest BCUT2D eigenvalue weighted by Crippen LogP contribution is -2.57. The number of carbonyl (C=O) groups excluding carboxylic acids is 3. The molecule has 1 saturated heterocycles. The van der Waals surface area contributed by atoms with Gasteiger partial charge in [0.25, 0.3) is 0 Å². The second-order valence-corrected chi connectivity index (χ2v) is 6.49. The van der Waals surface area contributed by atoms with Crippen LogP contribution in [0.15, 0.2) is 29.3 Å². The van der Waals surface area contributed by atoms with Gasteiger partial charge in [0.2, 0.25) is 18.3 Å². The minimum absolute atomic E-state index is 0.172. The van der Waals surface area contributed by atoms with Crippen LogP contribution in [0, 0.1) is 5.92 Å². The van der Waals surface area contributed by atoms with Gasteiger partial charge in [0.05, 0.1) is 13.7 Å². The van der Waals surface area contributed by atoms with Crippen LogP contribution in [-0.2, 0) is 19.1 Å². The molecule has 3 rings (SSSR count). The smallest absolute Gasteiger partial charge is 0.321 e. The molecule has 0 aromatic heterocycles. The van der Waals surface area contributed by atoms with Gasteiger partial charge in [0, 0.05) is 31.7 Å². The molecule has 0 unspecified atom stereocenters. The molecular formula is C19H24N4O5. The molecular weight excluding hydrogens is 364 g/mol. The van der Waals surface area contributed by atoms with Crippen LogP contribution in [0.2, 0.25) is 0 Å². The summed E-state index contributed by atoms with van der Waals surface area (Å²) in [6.07, 6.45) is 0.813. The number of amides is 2. The molecule has 2 heterocycles. The predicted molar refractivity (Wildman–Crippen MR) is 101 cm³/mol. The summed E-state index contributed by atoms with van der Waals surface area (Å²) in [5, 5.41) is 2.73. The van der Waals surface area contributed by atoms with E-state index in [1.54, 1.807) is 24.0 Å². The largest absolute Gasteiger partial charge is 0.496 e. The number of piperazine rings is 1. The zero-order chi connectivity index (χ0) is 20.1. The van der Waals surface area contributed by atoms with Gasteiger partial charge in [-0.3, -0.25) is 19.7 Å². The summed E-state index contributed by atoms with van der Waals surface area (Å²) >= 11 is 0. The quantitative estimate of drug-likeness (QED) is 0.439. The van der Waals surface area contributed by atoms with Crippen molar-refractivity contribution in [1.82, 2.24) is 15.1 Å². The fourth-order valence-corrected chi connectivity index (χ4v) is 3.40. The summed E-state index contributed by atoms with van der Waals surface area (Å²) < 4.78 is 10.5. The summed E-state index contributed by atoms with van der Waals surface area (Å²) in [7, 11) is 1.53. The second-order valence-electron chi connectivity index (χ2n) is 6.49. The number of hydrogen-bond acceptors (Lipinski definition) is 7. The lowest BCUT2D eigenvalue weighted by atomic mass is 9.90. The van der Waals surface area contributed by atoms with Crippen molar-refractivity contribution in [3.63, 3.8) is 0 Å². The maximum absolute atomic E-state index is 12.8. The van der Waals surface area contributed by atoms with E-state index in [9.17, 15) is 14.4 Å². The Morgan fingerprint density at radius 2 is 2.00 bits per heavy atom. The third-order valence-electron chi connectivity index (χ3n) is 4.86. The summed E-state index contributed by atoms with van der Waals surface area (Å²) in [4.78, 5) is 44.5. The average Bonchev–Trinajstić information content (AvgIpc) is 2.73. The molecule has 1 N–H and O–H groups in total. The Bertz CT molecular complexity index is 773. The number of nitrogens with zero attached hydrogens (tertiary/aromatic N) is 3. The monoisotopic (exact) mass is 388 g/mol. The number of esters is 1. The highest BCUT2D eigenvalue weighted by atomic mass is 16.5. The van der Waals surface area contributed by atoms with Gasteiger partial charge in [-0.1, -0.05) is 18.2 Å². The first-order chi connectivity index (χ1) is 13.6. The van der Waals surface area contributed by atoms with Gasteiger partial charge in [-0.15, -0.1) is 0 Å². The van der Waals surface area contributed by atoms with Crippen LogP contribution in [0.25, 0.3) is 0 Å². The van der Waals surface area contributed by atoms with Gasteiger partial charge >= 0.3 is 5.97 Å². The molecule has 2 amide bonds.